The molecule has 33 heavy (non-hydrogen) atoms. The molecule has 1 fully saturated rings. The van der Waals surface area contributed by atoms with Gasteiger partial charge < -0.3 is 18.7 Å². The Morgan fingerprint density at radius 2 is 2.00 bits per heavy atom. The topological polar surface area (TPSA) is 115 Å². The number of carbonyl (C=O) groups is 2. The maximum Gasteiger partial charge on any atom is 0.412 e. The van der Waals surface area contributed by atoms with Gasteiger partial charge in [0.25, 0.3) is 5.78 Å². The zero-order chi connectivity index (χ0) is 23.0. The summed E-state index contributed by atoms with van der Waals surface area (Å²) >= 11 is 7.12. The van der Waals surface area contributed by atoms with Gasteiger partial charge in [0, 0.05) is 6.07 Å². The third-order valence-electron chi connectivity index (χ3n) is 5.23. The fourth-order valence-electron chi connectivity index (χ4n) is 3.27. The molecule has 0 saturated heterocycles. The lowest BCUT2D eigenvalue weighted by molar-refractivity contribution is -0.140. The third kappa shape index (κ3) is 4.18. The molecule has 0 unspecified atom stereocenters. The van der Waals surface area contributed by atoms with Crippen molar-refractivity contribution in [2.24, 2.45) is 0 Å². The van der Waals surface area contributed by atoms with Gasteiger partial charge >= 0.3 is 12.1 Å². The van der Waals surface area contributed by atoms with E-state index in [0.29, 0.717) is 34.6 Å². The van der Waals surface area contributed by atoms with Crippen LogP contribution < -0.4 is 5.32 Å². The molecule has 1 aromatic carbocycles. The Morgan fingerprint density at radius 1 is 1.21 bits per heavy atom. The second-order valence-corrected chi connectivity index (χ2v) is 8.60. The number of furan rings is 2. The Hall–Kier alpha value is -3.74. The number of aromatic nitrogens is 1. The first kappa shape index (κ1) is 21.1. The largest absolute Gasteiger partial charge is 0.480 e. The van der Waals surface area contributed by atoms with Crippen molar-refractivity contribution in [3.63, 3.8) is 0 Å². The van der Waals surface area contributed by atoms with Crippen LogP contribution in [0.5, 0.6) is 0 Å². The molecule has 3 heterocycles. The first-order chi connectivity index (χ1) is 15.9. The quantitative estimate of drug-likeness (QED) is 0.366. The predicted octanol–water partition coefficient (Wildman–Crippen LogP) is 5.40. The van der Waals surface area contributed by atoms with Gasteiger partial charge in [0.15, 0.2) is 10.9 Å². The number of hydrogen-bond acceptors (Lipinski definition) is 7. The number of rotatable bonds is 5. The van der Waals surface area contributed by atoms with Gasteiger partial charge in [0.1, 0.15) is 28.3 Å². The second-order valence-electron chi connectivity index (χ2n) is 7.47. The summed E-state index contributed by atoms with van der Waals surface area (Å²) in [5.74, 6) is 5.74. The van der Waals surface area contributed by atoms with Gasteiger partial charge in [-0.05, 0) is 47.8 Å². The summed E-state index contributed by atoms with van der Waals surface area (Å²) in [5, 5.41) is 12.7. The summed E-state index contributed by atoms with van der Waals surface area (Å²) < 4.78 is 20.4. The second kappa shape index (κ2) is 8.31. The average molecular weight is 483 g/mol. The maximum absolute atomic E-state index is 12.2. The minimum Gasteiger partial charge on any atom is -0.480 e. The van der Waals surface area contributed by atoms with E-state index in [4.69, 9.17) is 25.2 Å². The Kier molecular flexibility index (Phi) is 5.32. The molecule has 0 aliphatic heterocycles. The Labute approximate surface area is 196 Å². The van der Waals surface area contributed by atoms with Crippen LogP contribution in [0.2, 0.25) is 5.15 Å². The molecule has 1 saturated carbocycles. The number of ether oxygens (including phenoxy) is 1. The van der Waals surface area contributed by atoms with E-state index >= 15 is 0 Å². The smallest absolute Gasteiger partial charge is 0.412 e. The highest BCUT2D eigenvalue weighted by Gasteiger charge is 2.54. The van der Waals surface area contributed by atoms with E-state index in [1.807, 2.05) is 30.3 Å². The summed E-state index contributed by atoms with van der Waals surface area (Å²) in [6.07, 6.45) is 0.404. The summed E-state index contributed by atoms with van der Waals surface area (Å²) in [6, 6.07) is 12.6. The molecule has 1 aliphatic carbocycles. The van der Waals surface area contributed by atoms with Crippen molar-refractivity contribution >= 4 is 52.0 Å². The van der Waals surface area contributed by atoms with Gasteiger partial charge in [0.05, 0.1) is 5.39 Å². The molecule has 10 heteroatoms. The maximum atomic E-state index is 12.2. The van der Waals surface area contributed by atoms with Crippen LogP contribution >= 0.6 is 23.1 Å². The fourth-order valence-corrected chi connectivity index (χ4v) is 4.17. The standard InChI is InChI=1S/C23H15ClN2O6S/c24-19-18(25-22(29)30-12-13-4-2-1-3-5-13)16(33-26-19)7-6-15-10-14-11-17(32-20(14)31-15)23(8-9-23)21(27)28/h1-5,10-11H,8-9,12H2,(H,25,29)(H,27,28). The number of halogens is 1. The number of carboxylic acid groups (broad SMARTS) is 1. The van der Waals surface area contributed by atoms with E-state index < -0.39 is 17.5 Å². The van der Waals surface area contributed by atoms with Crippen LogP contribution in [-0.2, 0) is 21.6 Å². The highest BCUT2D eigenvalue weighted by atomic mass is 35.5. The number of carbonyl (C=O) groups excluding carboxylic acids is 1. The number of benzene rings is 1. The number of carboxylic acids is 1. The molecule has 2 N–H and O–H groups in total. The number of hydrogen-bond donors (Lipinski definition) is 2. The van der Waals surface area contributed by atoms with Crippen molar-refractivity contribution in [2.75, 3.05) is 5.32 Å². The van der Waals surface area contributed by atoms with Gasteiger partial charge in [0.2, 0.25) is 0 Å². The van der Waals surface area contributed by atoms with E-state index in [0.717, 1.165) is 17.1 Å². The molecule has 8 nitrogen and oxygen atoms in total. The summed E-state index contributed by atoms with van der Waals surface area (Å²) in [5.41, 5.74) is 0.160. The average Bonchev–Trinajstić information content (AvgIpc) is 3.24. The molecular formula is C23H15ClN2O6S. The van der Waals surface area contributed by atoms with E-state index in [1.165, 1.54) is 0 Å². The fraction of sp³-hybridized carbons (Fsp3) is 0.174. The van der Waals surface area contributed by atoms with Gasteiger partial charge in [-0.3, -0.25) is 10.1 Å². The molecule has 4 aromatic rings. The normalized spacial score (nSPS) is 13.8. The number of fused-ring (bicyclic) bond motifs is 1. The van der Waals surface area contributed by atoms with Crippen LogP contribution in [-0.4, -0.2) is 21.5 Å². The zero-order valence-electron chi connectivity index (χ0n) is 16.9. The molecule has 0 radical (unpaired) electrons. The van der Waals surface area contributed by atoms with Gasteiger partial charge in [-0.1, -0.05) is 41.9 Å². The van der Waals surface area contributed by atoms with Gasteiger partial charge in [-0.25, -0.2) is 4.79 Å². The summed E-state index contributed by atoms with van der Waals surface area (Å²) in [6.45, 7) is 0.111. The van der Waals surface area contributed by atoms with Crippen molar-refractivity contribution < 1.29 is 28.3 Å². The van der Waals surface area contributed by atoms with Crippen LogP contribution in [0.15, 0.2) is 51.3 Å². The van der Waals surface area contributed by atoms with Gasteiger partial charge in [-0.15, -0.1) is 0 Å². The van der Waals surface area contributed by atoms with Crippen LogP contribution in [0.25, 0.3) is 11.2 Å². The minimum absolute atomic E-state index is 0.0993. The van der Waals surface area contributed by atoms with Crippen molar-refractivity contribution in [2.45, 2.75) is 24.9 Å². The lowest BCUT2D eigenvalue weighted by Gasteiger charge is -2.06. The molecule has 0 spiro atoms. The highest BCUT2D eigenvalue weighted by Crippen LogP contribution is 2.50. The third-order valence-corrected chi connectivity index (χ3v) is 6.37. The van der Waals surface area contributed by atoms with E-state index in [2.05, 4.69) is 21.5 Å². The molecule has 0 bridgehead atoms. The molecule has 166 valence electrons. The van der Waals surface area contributed by atoms with Crippen molar-refractivity contribution in [3.8, 4) is 11.8 Å². The van der Waals surface area contributed by atoms with Crippen LogP contribution in [0.1, 0.15) is 34.8 Å². The van der Waals surface area contributed by atoms with Gasteiger partial charge in [-0.2, -0.15) is 4.37 Å². The highest BCUT2D eigenvalue weighted by molar-refractivity contribution is 7.07. The van der Waals surface area contributed by atoms with Crippen molar-refractivity contribution in [1.29, 1.82) is 0 Å². The lowest BCUT2D eigenvalue weighted by atomic mass is 10.0. The molecule has 5 rings (SSSR count). The monoisotopic (exact) mass is 482 g/mol. The number of amides is 1. The number of nitrogens with zero attached hydrogens (tertiary/aromatic N) is 1. The van der Waals surface area contributed by atoms with E-state index in [-0.39, 0.29) is 23.2 Å². The Morgan fingerprint density at radius 3 is 2.70 bits per heavy atom. The summed E-state index contributed by atoms with van der Waals surface area (Å²) in [7, 11) is 0. The Bertz CT molecular complexity index is 1390. The molecular weight excluding hydrogens is 468 g/mol. The minimum atomic E-state index is -0.942. The van der Waals surface area contributed by atoms with Crippen molar-refractivity contribution in [3.05, 3.63) is 69.6 Å². The van der Waals surface area contributed by atoms with Crippen molar-refractivity contribution in [1.82, 2.24) is 4.37 Å². The SMILES string of the molecule is O=C(Nc1c(Cl)nsc1C#Cc1cc2cc(C3(C(=O)O)CC3)oc2o1)OCc1ccccc1. The molecule has 1 amide bonds. The number of nitrogens with one attached hydrogen (secondary N) is 1. The van der Waals surface area contributed by atoms with Crippen LogP contribution in [0.4, 0.5) is 10.5 Å². The van der Waals surface area contributed by atoms with E-state index in [1.54, 1.807) is 12.1 Å². The zero-order valence-corrected chi connectivity index (χ0v) is 18.5. The first-order valence-corrected chi connectivity index (χ1v) is 11.0. The molecule has 3 aromatic heterocycles. The predicted molar refractivity (Wildman–Crippen MR) is 120 cm³/mol. The lowest BCUT2D eigenvalue weighted by Crippen LogP contribution is -2.18. The van der Waals surface area contributed by atoms with Crippen LogP contribution in [0, 0.1) is 11.8 Å². The number of aliphatic carboxylic acids is 1. The van der Waals surface area contributed by atoms with Crippen LogP contribution in [0.3, 0.4) is 0 Å². The molecule has 0 atom stereocenters. The van der Waals surface area contributed by atoms with E-state index in [9.17, 15) is 14.7 Å². The Balaban J connectivity index is 1.29. The molecule has 1 aliphatic rings. The number of anilines is 1. The first-order valence-electron chi connectivity index (χ1n) is 9.87. The summed E-state index contributed by atoms with van der Waals surface area (Å²) in [4.78, 5) is 24.1.